The SMILES string of the molecule is O=C(NCC(=O)N(c1cccc(F)c1)C(C(=O)NCc1ccco1)c1ccccc1F)c1ccco1. The molecule has 0 fully saturated rings. The molecule has 4 aromatic rings. The molecule has 0 radical (unpaired) electrons. The van der Waals surface area contributed by atoms with E-state index in [9.17, 15) is 23.2 Å². The number of nitrogens with zero attached hydrogens (tertiary/aromatic N) is 1. The number of amides is 3. The van der Waals surface area contributed by atoms with Crippen LogP contribution in [0.25, 0.3) is 0 Å². The topological polar surface area (TPSA) is 105 Å². The highest BCUT2D eigenvalue weighted by Crippen LogP contribution is 2.30. The second-order valence-electron chi connectivity index (χ2n) is 7.62. The standard InChI is InChI=1S/C26H21F2N3O5/c27-17-6-3-7-18(14-17)31(23(32)16-30-25(33)22-11-5-13-36-22)24(20-9-1-2-10-21(20)28)26(34)29-15-19-8-4-12-35-19/h1-14,24H,15-16H2,(H,29,34)(H,30,33). The van der Waals surface area contributed by atoms with Crippen LogP contribution in [0, 0.1) is 11.6 Å². The lowest BCUT2D eigenvalue weighted by molar-refractivity contribution is -0.126. The third-order valence-corrected chi connectivity index (χ3v) is 5.22. The first-order valence-corrected chi connectivity index (χ1v) is 10.9. The quantitative estimate of drug-likeness (QED) is 0.367. The molecule has 2 aromatic heterocycles. The van der Waals surface area contributed by atoms with E-state index in [0.717, 1.165) is 17.0 Å². The van der Waals surface area contributed by atoms with Crippen LogP contribution in [0.4, 0.5) is 14.5 Å². The van der Waals surface area contributed by atoms with Gasteiger partial charge in [-0.05, 0) is 48.5 Å². The van der Waals surface area contributed by atoms with E-state index in [1.54, 1.807) is 12.1 Å². The number of rotatable bonds is 9. The third kappa shape index (κ3) is 5.66. The molecule has 0 aliphatic rings. The highest BCUT2D eigenvalue weighted by Gasteiger charge is 2.35. The molecule has 1 unspecified atom stereocenters. The van der Waals surface area contributed by atoms with Crippen molar-refractivity contribution in [2.24, 2.45) is 0 Å². The lowest BCUT2D eigenvalue weighted by atomic mass is 10.0. The van der Waals surface area contributed by atoms with Crippen LogP contribution in [-0.2, 0) is 16.1 Å². The highest BCUT2D eigenvalue weighted by atomic mass is 19.1. The van der Waals surface area contributed by atoms with Gasteiger partial charge in [-0.3, -0.25) is 19.3 Å². The Hall–Kier alpha value is -4.73. The van der Waals surface area contributed by atoms with Gasteiger partial charge in [0.05, 0.1) is 25.6 Å². The Morgan fingerprint density at radius 1 is 0.861 bits per heavy atom. The number of carbonyl (C=O) groups excluding carboxylic acids is 3. The van der Waals surface area contributed by atoms with Crippen LogP contribution < -0.4 is 15.5 Å². The lowest BCUT2D eigenvalue weighted by Gasteiger charge is -2.31. The fraction of sp³-hybridized carbons (Fsp3) is 0.115. The number of halogens is 2. The molecule has 36 heavy (non-hydrogen) atoms. The van der Waals surface area contributed by atoms with Crippen molar-refractivity contribution in [3.8, 4) is 0 Å². The van der Waals surface area contributed by atoms with Crippen molar-refractivity contribution in [3.05, 3.63) is 114 Å². The summed E-state index contributed by atoms with van der Waals surface area (Å²) in [6.07, 6.45) is 2.73. The highest BCUT2D eigenvalue weighted by molar-refractivity contribution is 6.04. The van der Waals surface area contributed by atoms with Gasteiger partial charge in [0.15, 0.2) is 5.76 Å². The molecular formula is C26H21F2N3O5. The first-order chi connectivity index (χ1) is 17.4. The normalized spacial score (nSPS) is 11.5. The van der Waals surface area contributed by atoms with Gasteiger partial charge in [0, 0.05) is 11.3 Å². The molecule has 8 nitrogen and oxygen atoms in total. The number of hydrogen-bond donors (Lipinski definition) is 2. The maximum absolute atomic E-state index is 14.9. The summed E-state index contributed by atoms with van der Waals surface area (Å²) in [5, 5.41) is 5.03. The van der Waals surface area contributed by atoms with E-state index in [0.29, 0.717) is 5.76 Å². The predicted octanol–water partition coefficient (Wildman–Crippen LogP) is 3.97. The van der Waals surface area contributed by atoms with Gasteiger partial charge < -0.3 is 19.5 Å². The Bertz CT molecular complexity index is 1340. The van der Waals surface area contributed by atoms with Crippen molar-refractivity contribution in [1.29, 1.82) is 0 Å². The number of hydrogen-bond acceptors (Lipinski definition) is 5. The maximum atomic E-state index is 14.9. The number of carbonyl (C=O) groups is 3. The van der Waals surface area contributed by atoms with Gasteiger partial charge in [-0.15, -0.1) is 0 Å². The summed E-state index contributed by atoms with van der Waals surface area (Å²) in [6.45, 7) is -0.607. The Morgan fingerprint density at radius 3 is 2.33 bits per heavy atom. The molecule has 0 spiro atoms. The molecule has 0 saturated carbocycles. The monoisotopic (exact) mass is 493 g/mol. The summed E-state index contributed by atoms with van der Waals surface area (Å²) in [7, 11) is 0. The molecule has 0 aliphatic carbocycles. The van der Waals surface area contributed by atoms with Crippen LogP contribution in [-0.4, -0.2) is 24.3 Å². The summed E-state index contributed by atoms with van der Waals surface area (Å²) < 4.78 is 39.3. The van der Waals surface area contributed by atoms with Gasteiger partial charge in [0.1, 0.15) is 23.4 Å². The smallest absolute Gasteiger partial charge is 0.287 e. The van der Waals surface area contributed by atoms with Crippen molar-refractivity contribution in [1.82, 2.24) is 10.6 Å². The molecule has 2 aromatic carbocycles. The lowest BCUT2D eigenvalue weighted by Crippen LogP contribution is -2.47. The predicted molar refractivity (Wildman–Crippen MR) is 125 cm³/mol. The Morgan fingerprint density at radius 2 is 1.64 bits per heavy atom. The molecule has 0 aliphatic heterocycles. The first-order valence-electron chi connectivity index (χ1n) is 10.9. The zero-order valence-electron chi connectivity index (χ0n) is 18.8. The summed E-state index contributed by atoms with van der Waals surface area (Å²) in [6, 6.07) is 15.1. The van der Waals surface area contributed by atoms with Gasteiger partial charge in [0.2, 0.25) is 11.8 Å². The van der Waals surface area contributed by atoms with E-state index in [-0.39, 0.29) is 23.6 Å². The van der Waals surface area contributed by atoms with Crippen molar-refractivity contribution in [2.75, 3.05) is 11.4 Å². The van der Waals surface area contributed by atoms with E-state index in [4.69, 9.17) is 8.83 Å². The summed E-state index contributed by atoms with van der Waals surface area (Å²) in [4.78, 5) is 40.1. The van der Waals surface area contributed by atoms with Gasteiger partial charge in [-0.2, -0.15) is 0 Å². The molecular weight excluding hydrogens is 472 g/mol. The number of nitrogens with one attached hydrogen (secondary N) is 2. The molecule has 3 amide bonds. The second kappa shape index (κ2) is 11.1. The second-order valence-corrected chi connectivity index (χ2v) is 7.62. The zero-order valence-corrected chi connectivity index (χ0v) is 18.8. The number of benzene rings is 2. The van der Waals surface area contributed by atoms with Crippen LogP contribution in [0.2, 0.25) is 0 Å². The summed E-state index contributed by atoms with van der Waals surface area (Å²) >= 11 is 0. The molecule has 10 heteroatoms. The molecule has 184 valence electrons. The minimum absolute atomic E-state index is 0.00588. The van der Waals surface area contributed by atoms with E-state index in [1.165, 1.54) is 61.1 Å². The van der Waals surface area contributed by atoms with Crippen molar-refractivity contribution < 1.29 is 32.0 Å². The molecule has 1 atom stereocenters. The van der Waals surface area contributed by atoms with Crippen LogP contribution in [0.15, 0.2) is 94.2 Å². The average molecular weight is 493 g/mol. The van der Waals surface area contributed by atoms with Crippen LogP contribution >= 0.6 is 0 Å². The number of furan rings is 2. The number of anilines is 1. The first kappa shape index (κ1) is 24.4. The van der Waals surface area contributed by atoms with Crippen LogP contribution in [0.5, 0.6) is 0 Å². The van der Waals surface area contributed by atoms with Gasteiger partial charge in [-0.25, -0.2) is 8.78 Å². The van der Waals surface area contributed by atoms with Crippen molar-refractivity contribution >= 4 is 23.4 Å². The largest absolute Gasteiger partial charge is 0.467 e. The summed E-state index contributed by atoms with van der Waals surface area (Å²) in [5.74, 6) is -3.21. The van der Waals surface area contributed by atoms with Crippen molar-refractivity contribution in [3.63, 3.8) is 0 Å². The fourth-order valence-electron chi connectivity index (χ4n) is 3.58. The van der Waals surface area contributed by atoms with E-state index >= 15 is 0 Å². The van der Waals surface area contributed by atoms with Gasteiger partial charge in [-0.1, -0.05) is 24.3 Å². The maximum Gasteiger partial charge on any atom is 0.287 e. The van der Waals surface area contributed by atoms with E-state index < -0.39 is 41.9 Å². The molecule has 0 bridgehead atoms. The van der Waals surface area contributed by atoms with E-state index in [2.05, 4.69) is 10.6 Å². The summed E-state index contributed by atoms with van der Waals surface area (Å²) in [5.41, 5.74) is -0.127. The molecule has 2 N–H and O–H groups in total. The Kier molecular flexibility index (Phi) is 7.54. The average Bonchev–Trinajstić information content (AvgIpc) is 3.59. The third-order valence-electron chi connectivity index (χ3n) is 5.22. The van der Waals surface area contributed by atoms with Gasteiger partial charge >= 0.3 is 0 Å². The van der Waals surface area contributed by atoms with Crippen LogP contribution in [0.1, 0.15) is 27.9 Å². The Balaban J connectivity index is 1.69. The molecule has 2 heterocycles. The molecule has 4 rings (SSSR count). The minimum atomic E-state index is -1.53. The Labute approximate surface area is 204 Å². The fourth-order valence-corrected chi connectivity index (χ4v) is 3.58. The zero-order chi connectivity index (χ0) is 25.5. The van der Waals surface area contributed by atoms with E-state index in [1.807, 2.05) is 0 Å². The van der Waals surface area contributed by atoms with Crippen LogP contribution in [0.3, 0.4) is 0 Å². The minimum Gasteiger partial charge on any atom is -0.467 e. The van der Waals surface area contributed by atoms with Crippen molar-refractivity contribution in [2.45, 2.75) is 12.6 Å². The van der Waals surface area contributed by atoms with Gasteiger partial charge in [0.25, 0.3) is 5.91 Å². The molecule has 0 saturated heterocycles.